The van der Waals surface area contributed by atoms with Crippen molar-refractivity contribution in [2.75, 3.05) is 0 Å². The van der Waals surface area contributed by atoms with E-state index in [0.29, 0.717) is 0 Å². The highest BCUT2D eigenvalue weighted by molar-refractivity contribution is 5.66. The van der Waals surface area contributed by atoms with Crippen LogP contribution in [0, 0.1) is 0 Å². The van der Waals surface area contributed by atoms with Crippen molar-refractivity contribution in [1.82, 2.24) is 0 Å². The molecule has 0 aromatic carbocycles. The molecule has 1 nitrogen and oxygen atoms in total. The summed E-state index contributed by atoms with van der Waals surface area (Å²) >= 11 is 0. The Morgan fingerprint density at radius 3 is 2.27 bits per heavy atom. The fraction of sp³-hybridized carbons (Fsp3) is 0. The molecule has 0 aromatic rings. The summed E-state index contributed by atoms with van der Waals surface area (Å²) in [6, 6.07) is 12.8. The molecule has 0 saturated carbocycles. The van der Waals surface area contributed by atoms with Gasteiger partial charge in [-0.2, -0.15) is 0 Å². The molecule has 0 heterocycles. The maximum Gasteiger partial charge on any atom is 0.179 e. The minimum absolute atomic E-state index is 0.0613. The van der Waals surface area contributed by atoms with Crippen molar-refractivity contribution in [1.29, 1.82) is 0 Å². The monoisotopic (exact) mass is 143 g/mol. The Kier molecular flexibility index (Phi) is 1.29. The first kappa shape index (κ1) is 6.23. The Morgan fingerprint density at radius 2 is 1.45 bits per heavy atom. The van der Waals surface area contributed by atoms with Gasteiger partial charge in [0.2, 0.25) is 0 Å². The molecule has 0 saturated heterocycles. The Balaban J connectivity index is 2.73. The Bertz CT molecular complexity index is 341. The molecular formula is C10H7O. The summed E-state index contributed by atoms with van der Waals surface area (Å²) in [5.74, 6) is 0.0613. The van der Waals surface area contributed by atoms with Gasteiger partial charge in [-0.05, 0) is 23.3 Å². The molecular weight excluding hydrogens is 136 g/mol. The van der Waals surface area contributed by atoms with E-state index >= 15 is 0 Å². The first-order valence-corrected chi connectivity index (χ1v) is 3.52. The van der Waals surface area contributed by atoms with Gasteiger partial charge in [-0.1, -0.05) is 30.3 Å². The molecule has 2 aliphatic rings. The van der Waals surface area contributed by atoms with Gasteiger partial charge >= 0.3 is 0 Å². The molecule has 53 valence electrons. The SMILES string of the molecule is [O]c1cccc2cccc-2c1. The molecule has 11 heavy (non-hydrogen) atoms. The van der Waals surface area contributed by atoms with E-state index in [-0.39, 0.29) is 5.75 Å². The summed E-state index contributed by atoms with van der Waals surface area (Å²) in [5.41, 5.74) is 2.13. The Labute approximate surface area is 65.3 Å². The van der Waals surface area contributed by atoms with Crippen molar-refractivity contribution in [3.05, 3.63) is 42.5 Å². The molecule has 1 heteroatoms. The van der Waals surface area contributed by atoms with Crippen LogP contribution in [-0.4, -0.2) is 0 Å². The summed E-state index contributed by atoms with van der Waals surface area (Å²) in [4.78, 5) is 0. The van der Waals surface area contributed by atoms with E-state index in [4.69, 9.17) is 0 Å². The van der Waals surface area contributed by atoms with Crippen LogP contribution in [0.1, 0.15) is 0 Å². The zero-order valence-corrected chi connectivity index (χ0v) is 5.95. The first-order valence-electron chi connectivity index (χ1n) is 3.52. The van der Waals surface area contributed by atoms with Gasteiger partial charge in [-0.15, -0.1) is 0 Å². The molecule has 2 aliphatic carbocycles. The van der Waals surface area contributed by atoms with Gasteiger partial charge in [0.15, 0.2) is 5.75 Å². The summed E-state index contributed by atoms with van der Waals surface area (Å²) in [6.07, 6.45) is 0. The van der Waals surface area contributed by atoms with Gasteiger partial charge in [-0.3, -0.25) is 5.11 Å². The summed E-state index contributed by atoms with van der Waals surface area (Å²) in [7, 11) is 0. The number of rotatable bonds is 0. The molecule has 0 unspecified atom stereocenters. The predicted octanol–water partition coefficient (Wildman–Crippen LogP) is 2.94. The third kappa shape index (κ3) is 1.05. The van der Waals surface area contributed by atoms with E-state index in [1.165, 1.54) is 0 Å². The van der Waals surface area contributed by atoms with Crippen molar-refractivity contribution < 1.29 is 5.11 Å². The maximum absolute atomic E-state index is 11.0. The molecule has 0 N–H and O–H groups in total. The van der Waals surface area contributed by atoms with Crippen LogP contribution in [0.4, 0.5) is 0 Å². The fourth-order valence-corrected chi connectivity index (χ4v) is 1.18. The minimum Gasteiger partial charge on any atom is -0.290 e. The van der Waals surface area contributed by atoms with Gasteiger partial charge in [0, 0.05) is 0 Å². The zero-order valence-electron chi connectivity index (χ0n) is 5.95. The van der Waals surface area contributed by atoms with E-state index in [9.17, 15) is 5.11 Å². The molecule has 0 fully saturated rings. The lowest BCUT2D eigenvalue weighted by Crippen LogP contribution is -1.60. The lowest BCUT2D eigenvalue weighted by molar-refractivity contribution is 0.355. The van der Waals surface area contributed by atoms with Crippen LogP contribution >= 0.6 is 0 Å². The van der Waals surface area contributed by atoms with Crippen molar-refractivity contribution in [3.8, 4) is 16.9 Å². The average Bonchev–Trinajstić information content (AvgIpc) is 2.31. The minimum atomic E-state index is 0.0613. The van der Waals surface area contributed by atoms with Crippen LogP contribution < -0.4 is 0 Å². The lowest BCUT2D eigenvalue weighted by atomic mass is 10.2. The van der Waals surface area contributed by atoms with Gasteiger partial charge in [0.1, 0.15) is 0 Å². The fourth-order valence-electron chi connectivity index (χ4n) is 1.18. The van der Waals surface area contributed by atoms with Gasteiger partial charge in [0.05, 0.1) is 0 Å². The summed E-state index contributed by atoms with van der Waals surface area (Å²) in [5, 5.41) is 11.0. The molecule has 2 rings (SSSR count). The highest BCUT2D eigenvalue weighted by Crippen LogP contribution is 2.24. The number of fused-ring (bicyclic) bond motifs is 1. The van der Waals surface area contributed by atoms with Gasteiger partial charge in [0.25, 0.3) is 0 Å². The van der Waals surface area contributed by atoms with Crippen LogP contribution in [0.25, 0.3) is 11.1 Å². The predicted molar refractivity (Wildman–Crippen MR) is 43.2 cm³/mol. The van der Waals surface area contributed by atoms with Crippen molar-refractivity contribution >= 4 is 0 Å². The third-order valence-corrected chi connectivity index (χ3v) is 1.72. The van der Waals surface area contributed by atoms with Crippen molar-refractivity contribution in [2.24, 2.45) is 0 Å². The third-order valence-electron chi connectivity index (χ3n) is 1.72. The van der Waals surface area contributed by atoms with Crippen LogP contribution in [0.3, 0.4) is 0 Å². The largest absolute Gasteiger partial charge is 0.290 e. The lowest BCUT2D eigenvalue weighted by Gasteiger charge is -1.86. The smallest absolute Gasteiger partial charge is 0.179 e. The van der Waals surface area contributed by atoms with Gasteiger partial charge in [-0.25, -0.2) is 0 Å². The molecule has 1 radical (unpaired) electrons. The van der Waals surface area contributed by atoms with Crippen LogP contribution in [0.15, 0.2) is 42.5 Å². The topological polar surface area (TPSA) is 19.9 Å². The molecule has 0 spiro atoms. The summed E-state index contributed by atoms with van der Waals surface area (Å²) < 4.78 is 0. The van der Waals surface area contributed by atoms with Crippen LogP contribution in [0.2, 0.25) is 0 Å². The number of hydrogen-bond donors (Lipinski definition) is 0. The highest BCUT2D eigenvalue weighted by atomic mass is 16.3. The first-order chi connectivity index (χ1) is 5.36. The molecule has 0 amide bonds. The molecule has 0 atom stereocenters. The Morgan fingerprint density at radius 1 is 0.818 bits per heavy atom. The van der Waals surface area contributed by atoms with Crippen molar-refractivity contribution in [2.45, 2.75) is 0 Å². The molecule has 0 aliphatic heterocycles. The van der Waals surface area contributed by atoms with Crippen LogP contribution in [0.5, 0.6) is 5.75 Å². The second kappa shape index (κ2) is 2.27. The zero-order chi connectivity index (χ0) is 7.68. The summed E-state index contributed by atoms with van der Waals surface area (Å²) in [6.45, 7) is 0. The average molecular weight is 143 g/mol. The molecule has 0 aromatic heterocycles. The molecule has 0 bridgehead atoms. The normalized spacial score (nSPS) is 10.2. The highest BCUT2D eigenvalue weighted by Gasteiger charge is 1.99. The Hall–Kier alpha value is -1.50. The van der Waals surface area contributed by atoms with E-state index in [1.807, 2.05) is 24.3 Å². The van der Waals surface area contributed by atoms with E-state index < -0.39 is 0 Å². The van der Waals surface area contributed by atoms with E-state index in [1.54, 1.807) is 18.2 Å². The van der Waals surface area contributed by atoms with Crippen LogP contribution in [-0.2, 0) is 5.11 Å². The quantitative estimate of drug-likeness (QED) is 0.540. The maximum atomic E-state index is 11.0. The van der Waals surface area contributed by atoms with Gasteiger partial charge < -0.3 is 0 Å². The van der Waals surface area contributed by atoms with E-state index in [0.717, 1.165) is 11.1 Å². The van der Waals surface area contributed by atoms with Crippen molar-refractivity contribution in [3.63, 3.8) is 0 Å². The standard InChI is InChI=1S/C10H7O/c11-10-6-2-4-8-3-1-5-9(8)7-10/h1-7H. The second-order valence-corrected chi connectivity index (χ2v) is 2.51. The number of hydrogen-bond acceptors (Lipinski definition) is 0. The second-order valence-electron chi connectivity index (χ2n) is 2.51. The van der Waals surface area contributed by atoms with E-state index in [2.05, 4.69) is 0 Å².